The molecule has 0 spiro atoms. The van der Waals surface area contributed by atoms with E-state index in [1.54, 1.807) is 26.4 Å². The molecule has 31 heavy (non-hydrogen) atoms. The second-order valence-electron chi connectivity index (χ2n) is 8.11. The predicted molar refractivity (Wildman–Crippen MR) is 122 cm³/mol. The van der Waals surface area contributed by atoms with Crippen LogP contribution >= 0.6 is 0 Å². The Kier molecular flexibility index (Phi) is 6.26. The number of carbonyl (C=O) groups is 1. The quantitative estimate of drug-likeness (QED) is 0.530. The monoisotopic (exact) mass is 416 g/mol. The van der Waals surface area contributed by atoms with Crippen molar-refractivity contribution in [1.29, 1.82) is 0 Å². The van der Waals surface area contributed by atoms with E-state index >= 15 is 0 Å². The maximum Gasteiger partial charge on any atom is 0.335 e. The third-order valence-electron chi connectivity index (χ3n) is 6.29. The molecule has 1 N–H and O–H groups in total. The minimum Gasteiger partial charge on any atom is -0.497 e. The van der Waals surface area contributed by atoms with Crippen LogP contribution in [0, 0.1) is 0 Å². The molecular weight excluding hydrogens is 388 g/mol. The molecule has 0 saturated carbocycles. The van der Waals surface area contributed by atoms with Gasteiger partial charge in [-0.25, -0.2) is 4.79 Å². The van der Waals surface area contributed by atoms with E-state index in [2.05, 4.69) is 24.3 Å². The van der Waals surface area contributed by atoms with Gasteiger partial charge < -0.3 is 14.6 Å². The molecule has 0 aromatic heterocycles. The zero-order valence-corrected chi connectivity index (χ0v) is 18.1. The average Bonchev–Trinajstić information content (AvgIpc) is 3.21. The lowest BCUT2D eigenvalue weighted by atomic mass is 9.88. The SMILES string of the molecule is COc1ccc(OC)c(CC2CCc3cccc(CCc4ccc(C(=O)O)cc4)c32)c1. The number of aromatic carboxylic acids is 1. The third-order valence-corrected chi connectivity index (χ3v) is 6.29. The van der Waals surface area contributed by atoms with Gasteiger partial charge >= 0.3 is 5.97 Å². The lowest BCUT2D eigenvalue weighted by molar-refractivity contribution is 0.0697. The van der Waals surface area contributed by atoms with Crippen molar-refractivity contribution in [3.63, 3.8) is 0 Å². The molecule has 0 radical (unpaired) electrons. The van der Waals surface area contributed by atoms with Crippen molar-refractivity contribution in [2.45, 2.75) is 38.0 Å². The van der Waals surface area contributed by atoms with Crippen molar-refractivity contribution in [1.82, 2.24) is 0 Å². The van der Waals surface area contributed by atoms with Gasteiger partial charge in [0.1, 0.15) is 11.5 Å². The van der Waals surface area contributed by atoms with Crippen LogP contribution in [-0.4, -0.2) is 25.3 Å². The lowest BCUT2D eigenvalue weighted by Crippen LogP contribution is -2.05. The fourth-order valence-corrected chi connectivity index (χ4v) is 4.70. The first-order valence-electron chi connectivity index (χ1n) is 10.7. The summed E-state index contributed by atoms with van der Waals surface area (Å²) in [6, 6.07) is 19.9. The van der Waals surface area contributed by atoms with Crippen molar-refractivity contribution in [3.8, 4) is 11.5 Å². The molecule has 1 aliphatic carbocycles. The normalized spacial score (nSPS) is 14.8. The highest BCUT2D eigenvalue weighted by molar-refractivity contribution is 5.87. The van der Waals surface area contributed by atoms with Crippen molar-refractivity contribution >= 4 is 5.97 Å². The predicted octanol–water partition coefficient (Wildman–Crippen LogP) is 5.46. The number of ether oxygens (including phenoxy) is 2. The molecule has 4 heteroatoms. The maximum atomic E-state index is 11.1. The smallest absolute Gasteiger partial charge is 0.335 e. The summed E-state index contributed by atoms with van der Waals surface area (Å²) in [6.07, 6.45) is 5.01. The largest absolute Gasteiger partial charge is 0.497 e. The molecule has 0 aliphatic heterocycles. The van der Waals surface area contributed by atoms with Gasteiger partial charge in [0.25, 0.3) is 0 Å². The van der Waals surface area contributed by atoms with Crippen LogP contribution < -0.4 is 9.47 Å². The van der Waals surface area contributed by atoms with Gasteiger partial charge in [0, 0.05) is 0 Å². The number of carboxylic acids is 1. The summed E-state index contributed by atoms with van der Waals surface area (Å²) in [5, 5.41) is 9.09. The van der Waals surface area contributed by atoms with E-state index in [1.807, 2.05) is 24.3 Å². The van der Waals surface area contributed by atoms with E-state index in [1.165, 1.54) is 22.3 Å². The van der Waals surface area contributed by atoms with Crippen LogP contribution in [0.15, 0.2) is 60.7 Å². The van der Waals surface area contributed by atoms with Crippen LogP contribution in [0.25, 0.3) is 0 Å². The van der Waals surface area contributed by atoms with E-state index in [-0.39, 0.29) is 0 Å². The second kappa shape index (κ2) is 9.25. The molecule has 0 saturated heterocycles. The minimum absolute atomic E-state index is 0.330. The molecule has 0 heterocycles. The zero-order chi connectivity index (χ0) is 21.8. The third kappa shape index (κ3) is 4.58. The van der Waals surface area contributed by atoms with Gasteiger partial charge in [-0.1, -0.05) is 30.3 Å². The summed E-state index contributed by atoms with van der Waals surface area (Å²) in [6.45, 7) is 0. The Labute approximate surface area is 183 Å². The number of fused-ring (bicyclic) bond motifs is 1. The Morgan fingerprint density at radius 1 is 0.968 bits per heavy atom. The second-order valence-corrected chi connectivity index (χ2v) is 8.11. The van der Waals surface area contributed by atoms with Gasteiger partial charge in [0.05, 0.1) is 19.8 Å². The summed E-state index contributed by atoms with van der Waals surface area (Å²) >= 11 is 0. The van der Waals surface area contributed by atoms with Crippen LogP contribution in [0.1, 0.15) is 50.5 Å². The van der Waals surface area contributed by atoms with Gasteiger partial charge in [0.15, 0.2) is 0 Å². The number of benzene rings is 3. The summed E-state index contributed by atoms with van der Waals surface area (Å²) in [5.74, 6) is 1.34. The number of methoxy groups -OCH3 is 2. The van der Waals surface area contributed by atoms with Crippen LogP contribution in [-0.2, 0) is 25.7 Å². The van der Waals surface area contributed by atoms with E-state index < -0.39 is 5.97 Å². The Balaban J connectivity index is 1.54. The van der Waals surface area contributed by atoms with E-state index in [0.717, 1.165) is 49.2 Å². The topological polar surface area (TPSA) is 55.8 Å². The van der Waals surface area contributed by atoms with Crippen LogP contribution in [0.3, 0.4) is 0 Å². The number of aryl methyl sites for hydroxylation is 3. The standard InChI is InChI=1S/C27H28O4/c1-30-24-14-15-25(31-2)23(17-24)16-22-13-12-20-5-3-4-19(26(20)22)9-6-18-7-10-21(11-8-18)27(28)29/h3-5,7-8,10-11,14-15,17,22H,6,9,12-13,16H2,1-2H3,(H,28,29). The molecular formula is C27H28O4. The molecule has 0 amide bonds. The highest BCUT2D eigenvalue weighted by Gasteiger charge is 2.26. The van der Waals surface area contributed by atoms with Gasteiger partial charge in [-0.15, -0.1) is 0 Å². The molecule has 4 rings (SSSR count). The molecule has 4 nitrogen and oxygen atoms in total. The highest BCUT2D eigenvalue weighted by Crippen LogP contribution is 2.40. The van der Waals surface area contributed by atoms with Crippen molar-refractivity contribution in [2.75, 3.05) is 14.2 Å². The Morgan fingerprint density at radius 3 is 2.48 bits per heavy atom. The van der Waals surface area contributed by atoms with E-state index in [0.29, 0.717) is 11.5 Å². The summed E-state index contributed by atoms with van der Waals surface area (Å²) < 4.78 is 11.0. The summed E-state index contributed by atoms with van der Waals surface area (Å²) in [5.41, 5.74) is 6.99. The fraction of sp³-hybridized carbons (Fsp3) is 0.296. The minimum atomic E-state index is -0.886. The zero-order valence-electron chi connectivity index (χ0n) is 18.1. The highest BCUT2D eigenvalue weighted by atomic mass is 16.5. The number of rotatable bonds is 8. The van der Waals surface area contributed by atoms with Gasteiger partial charge in [-0.2, -0.15) is 0 Å². The molecule has 1 unspecified atom stereocenters. The molecule has 1 aliphatic rings. The molecule has 0 bridgehead atoms. The van der Waals surface area contributed by atoms with Crippen molar-refractivity contribution < 1.29 is 19.4 Å². The van der Waals surface area contributed by atoms with Crippen LogP contribution in [0.2, 0.25) is 0 Å². The van der Waals surface area contributed by atoms with Gasteiger partial charge in [-0.3, -0.25) is 0 Å². The van der Waals surface area contributed by atoms with Crippen molar-refractivity contribution in [2.24, 2.45) is 0 Å². The molecule has 3 aromatic carbocycles. The van der Waals surface area contributed by atoms with E-state index in [9.17, 15) is 4.79 Å². The maximum absolute atomic E-state index is 11.1. The summed E-state index contributed by atoms with van der Waals surface area (Å²) in [4.78, 5) is 11.1. The van der Waals surface area contributed by atoms with Gasteiger partial charge in [0.2, 0.25) is 0 Å². The Bertz CT molecular complexity index is 1070. The number of hydrogen-bond acceptors (Lipinski definition) is 3. The van der Waals surface area contributed by atoms with Crippen molar-refractivity contribution in [3.05, 3.63) is 94.0 Å². The first-order chi connectivity index (χ1) is 15.1. The first-order valence-corrected chi connectivity index (χ1v) is 10.7. The Hall–Kier alpha value is -3.27. The first kappa shape index (κ1) is 21.0. The van der Waals surface area contributed by atoms with Crippen LogP contribution in [0.4, 0.5) is 0 Å². The molecule has 160 valence electrons. The Morgan fingerprint density at radius 2 is 1.77 bits per heavy atom. The number of hydrogen-bond donors (Lipinski definition) is 1. The average molecular weight is 417 g/mol. The van der Waals surface area contributed by atoms with Gasteiger partial charge in [-0.05, 0) is 96.2 Å². The molecule has 3 aromatic rings. The molecule has 0 fully saturated rings. The fourth-order valence-electron chi connectivity index (χ4n) is 4.70. The van der Waals surface area contributed by atoms with E-state index in [4.69, 9.17) is 14.6 Å². The molecule has 1 atom stereocenters. The lowest BCUT2D eigenvalue weighted by Gasteiger charge is -2.18. The number of carboxylic acid groups (broad SMARTS) is 1. The summed E-state index contributed by atoms with van der Waals surface area (Å²) in [7, 11) is 3.41. The van der Waals surface area contributed by atoms with Crippen LogP contribution in [0.5, 0.6) is 11.5 Å².